The number of rotatable bonds is 9. The van der Waals surface area contributed by atoms with Gasteiger partial charge in [0.15, 0.2) is 11.5 Å². The summed E-state index contributed by atoms with van der Waals surface area (Å²) >= 11 is 0. The van der Waals surface area contributed by atoms with Crippen LogP contribution in [0.15, 0.2) is 71.1 Å². The fourth-order valence-electron chi connectivity index (χ4n) is 12.4. The number of methoxy groups -OCH3 is 1. The van der Waals surface area contributed by atoms with Gasteiger partial charge in [-0.3, -0.25) is 4.90 Å². The van der Waals surface area contributed by atoms with Crippen LogP contribution in [0.2, 0.25) is 0 Å². The molecular weight excluding hydrogens is 650 g/mol. The average molecular weight is 712 g/mol. The van der Waals surface area contributed by atoms with Crippen molar-refractivity contribution in [2.45, 2.75) is 128 Å². The number of allylic oxidation sites excluding steroid dienone is 2. The molecule has 1 aromatic carbocycles. The number of piperidine rings is 1. The average Bonchev–Trinajstić information content (AvgIpc) is 3.88. The summed E-state index contributed by atoms with van der Waals surface area (Å²) in [5.74, 6) is 3.63. The monoisotopic (exact) mass is 711 g/mol. The van der Waals surface area contributed by atoms with Crippen LogP contribution in [-0.2, 0) is 25.4 Å². The number of carbonyl (C=O) groups excluding carboxylic acids is 1. The number of esters is 1. The van der Waals surface area contributed by atoms with E-state index in [0.29, 0.717) is 35.2 Å². The van der Waals surface area contributed by atoms with Gasteiger partial charge >= 0.3 is 5.97 Å². The summed E-state index contributed by atoms with van der Waals surface area (Å²) in [7, 11) is 1.51. The number of nitrogens with zero attached hydrogens (tertiary/aromatic N) is 1. The first-order chi connectivity index (χ1) is 25.3. The second-order valence-corrected chi connectivity index (χ2v) is 17.5. The molecule has 0 aromatic heterocycles. The molecule has 3 aliphatic carbocycles. The predicted octanol–water partition coefficient (Wildman–Crippen LogP) is 8.34. The standard InChI is InChI=1S/C45H61NO6/c1-5-6-7-14-29-15-11-16-30(23-29)38-32-24-35-37-28(3)41(43-42(50-4)34(26-47)44(49)52-43)51-36(37)18-12-21-46(35)39(33(32)25-45(38)19-8-9-20-45)40(48)31-17-10-13-27(2)22-31/h10-11,15-18,23,27-28,31-33,35,37-40,47-48H,5-9,12-14,19-22,24-26H2,1-4H3/t27-,28-,31+,32-,33-,35+,37-,38+,39-,40-/m0/s1. The number of carbonyl (C=O) groups is 1. The zero-order chi connectivity index (χ0) is 36.1. The number of ether oxygens (including phenoxy) is 3. The summed E-state index contributed by atoms with van der Waals surface area (Å²) in [5.41, 5.74) is 3.41. The molecule has 0 unspecified atom stereocenters. The summed E-state index contributed by atoms with van der Waals surface area (Å²) in [6.07, 6.45) is 21.8. The summed E-state index contributed by atoms with van der Waals surface area (Å²) in [6.45, 7) is 7.26. The number of aliphatic hydroxyl groups is 2. The van der Waals surface area contributed by atoms with Gasteiger partial charge in [0.2, 0.25) is 5.76 Å². The van der Waals surface area contributed by atoms with E-state index < -0.39 is 18.7 Å². The molecule has 282 valence electrons. The van der Waals surface area contributed by atoms with E-state index in [1.807, 2.05) is 0 Å². The second-order valence-electron chi connectivity index (χ2n) is 17.5. The van der Waals surface area contributed by atoms with Crippen LogP contribution in [0.1, 0.15) is 115 Å². The Labute approximate surface area is 311 Å². The number of fused-ring (bicyclic) bond motifs is 4. The number of aryl methyl sites for hydroxylation is 1. The summed E-state index contributed by atoms with van der Waals surface area (Å²) in [4.78, 5) is 15.5. The maximum Gasteiger partial charge on any atom is 0.345 e. The molecule has 8 rings (SSSR count). The van der Waals surface area contributed by atoms with E-state index in [1.165, 1.54) is 69.6 Å². The molecule has 1 aromatic rings. The van der Waals surface area contributed by atoms with Gasteiger partial charge in [-0.25, -0.2) is 4.79 Å². The Morgan fingerprint density at radius 1 is 1.10 bits per heavy atom. The van der Waals surface area contributed by atoms with Crippen LogP contribution in [0.4, 0.5) is 0 Å². The van der Waals surface area contributed by atoms with Gasteiger partial charge in [-0.05, 0) is 104 Å². The van der Waals surface area contributed by atoms with Crippen LogP contribution >= 0.6 is 0 Å². The molecular formula is C45H61NO6. The van der Waals surface area contributed by atoms with E-state index in [-0.39, 0.29) is 46.6 Å². The molecule has 7 aliphatic rings. The molecule has 52 heavy (non-hydrogen) atoms. The third-order valence-electron chi connectivity index (χ3n) is 14.6. The lowest BCUT2D eigenvalue weighted by Gasteiger charge is -2.53. The maximum absolute atomic E-state index is 12.8. The molecule has 4 heterocycles. The van der Waals surface area contributed by atoms with Gasteiger partial charge in [-0.1, -0.05) is 82.9 Å². The minimum absolute atomic E-state index is 0.0533. The van der Waals surface area contributed by atoms with Crippen molar-refractivity contribution in [3.05, 3.63) is 82.2 Å². The van der Waals surface area contributed by atoms with Gasteiger partial charge in [0.1, 0.15) is 11.3 Å². The lowest BCUT2D eigenvalue weighted by atomic mass is 9.65. The SMILES string of the molecule is CCCCCc1cccc([C@@H]2[C@H]3C[C@@H]4[C@H]5C(=CCCN4[C@H]([C@@H](O)[C@@H]4C=CC[C@H](C)C4)[C@H]3CC23CCCC3)OC(=C2OC(=O)C(CO)=C2OC)[C@H]5C)c1. The van der Waals surface area contributed by atoms with Crippen molar-refractivity contribution in [2.75, 3.05) is 20.3 Å². The Kier molecular flexibility index (Phi) is 10.2. The minimum Gasteiger partial charge on any atom is -0.492 e. The van der Waals surface area contributed by atoms with Gasteiger partial charge in [0.25, 0.3) is 0 Å². The minimum atomic E-state index is -0.577. The number of unbranched alkanes of at least 4 members (excludes halogenated alkanes) is 2. The van der Waals surface area contributed by atoms with Crippen LogP contribution in [0.3, 0.4) is 0 Å². The first kappa shape index (κ1) is 36.1. The van der Waals surface area contributed by atoms with Gasteiger partial charge in [-0.15, -0.1) is 0 Å². The van der Waals surface area contributed by atoms with Crippen LogP contribution in [0.25, 0.3) is 0 Å². The van der Waals surface area contributed by atoms with Gasteiger partial charge in [-0.2, -0.15) is 0 Å². The van der Waals surface area contributed by atoms with Crippen molar-refractivity contribution < 1.29 is 29.2 Å². The lowest BCUT2D eigenvalue weighted by molar-refractivity contribution is -0.133. The highest BCUT2D eigenvalue weighted by molar-refractivity contribution is 5.94. The molecule has 0 radical (unpaired) electrons. The molecule has 0 bridgehead atoms. The highest BCUT2D eigenvalue weighted by atomic mass is 16.6. The molecule has 0 amide bonds. The van der Waals surface area contributed by atoms with Gasteiger partial charge in [0.05, 0.1) is 19.8 Å². The van der Waals surface area contributed by atoms with Crippen LogP contribution in [-0.4, -0.2) is 59.5 Å². The smallest absolute Gasteiger partial charge is 0.345 e. The lowest BCUT2D eigenvalue weighted by Crippen LogP contribution is -2.61. The van der Waals surface area contributed by atoms with Crippen molar-refractivity contribution in [3.63, 3.8) is 0 Å². The quantitative estimate of drug-likeness (QED) is 0.151. The zero-order valence-corrected chi connectivity index (χ0v) is 31.9. The number of hydrogen-bond donors (Lipinski definition) is 2. The van der Waals surface area contributed by atoms with Crippen LogP contribution in [0.5, 0.6) is 0 Å². The van der Waals surface area contributed by atoms with Crippen molar-refractivity contribution in [3.8, 4) is 0 Å². The van der Waals surface area contributed by atoms with Crippen LogP contribution in [0, 0.1) is 40.9 Å². The van der Waals surface area contributed by atoms with Crippen molar-refractivity contribution in [1.82, 2.24) is 4.90 Å². The van der Waals surface area contributed by atoms with E-state index in [1.54, 1.807) is 0 Å². The Balaban J connectivity index is 1.22. The summed E-state index contributed by atoms with van der Waals surface area (Å²) < 4.78 is 18.2. The van der Waals surface area contributed by atoms with E-state index in [4.69, 9.17) is 14.2 Å². The molecule has 4 fully saturated rings. The second kappa shape index (κ2) is 14.8. The number of hydrogen-bond acceptors (Lipinski definition) is 7. The van der Waals surface area contributed by atoms with E-state index in [0.717, 1.165) is 44.4 Å². The Hall–Kier alpha value is -2.87. The molecule has 1 spiro atoms. The molecule has 2 N–H and O–H groups in total. The Morgan fingerprint density at radius 3 is 2.67 bits per heavy atom. The molecule has 7 nitrogen and oxygen atoms in total. The zero-order valence-electron chi connectivity index (χ0n) is 31.9. The Bertz CT molecular complexity index is 1630. The molecule has 10 atom stereocenters. The molecule has 2 saturated carbocycles. The van der Waals surface area contributed by atoms with E-state index in [9.17, 15) is 15.0 Å². The molecule has 4 aliphatic heterocycles. The Morgan fingerprint density at radius 2 is 1.92 bits per heavy atom. The molecule has 7 heteroatoms. The normalized spacial score (nSPS) is 37.3. The third kappa shape index (κ3) is 6.11. The molecule has 2 saturated heterocycles. The highest BCUT2D eigenvalue weighted by Crippen LogP contribution is 2.67. The fraction of sp³-hybridized carbons (Fsp3) is 0.667. The largest absolute Gasteiger partial charge is 0.492 e. The summed E-state index contributed by atoms with van der Waals surface area (Å²) in [5, 5.41) is 22.8. The van der Waals surface area contributed by atoms with Gasteiger partial charge in [0, 0.05) is 36.4 Å². The first-order valence-corrected chi connectivity index (χ1v) is 20.7. The van der Waals surface area contributed by atoms with E-state index in [2.05, 4.69) is 68.2 Å². The van der Waals surface area contributed by atoms with Crippen molar-refractivity contribution in [2.24, 2.45) is 40.9 Å². The van der Waals surface area contributed by atoms with Crippen molar-refractivity contribution in [1.29, 1.82) is 0 Å². The maximum atomic E-state index is 12.8. The fourth-order valence-corrected chi connectivity index (χ4v) is 12.4. The highest BCUT2D eigenvalue weighted by Gasteiger charge is 2.63. The number of benzene rings is 1. The summed E-state index contributed by atoms with van der Waals surface area (Å²) in [6, 6.07) is 9.91. The van der Waals surface area contributed by atoms with Crippen molar-refractivity contribution >= 4 is 5.97 Å². The van der Waals surface area contributed by atoms with E-state index >= 15 is 0 Å². The van der Waals surface area contributed by atoms with Crippen LogP contribution < -0.4 is 0 Å². The number of cyclic esters (lactones) is 1. The predicted molar refractivity (Wildman–Crippen MR) is 202 cm³/mol. The third-order valence-corrected chi connectivity index (χ3v) is 14.6. The van der Waals surface area contributed by atoms with Gasteiger partial charge < -0.3 is 24.4 Å². The topological polar surface area (TPSA) is 88.5 Å². The first-order valence-electron chi connectivity index (χ1n) is 20.7. The number of aliphatic hydroxyl groups excluding tert-OH is 2.